The third-order valence-corrected chi connectivity index (χ3v) is 5.85. The van der Waals surface area contributed by atoms with Crippen molar-refractivity contribution in [1.29, 1.82) is 0 Å². The molecule has 148 valence electrons. The fraction of sp³-hybridized carbons (Fsp3) is 0.143. The molecule has 4 rings (SSSR count). The molecule has 0 aliphatic rings. The van der Waals surface area contributed by atoms with Crippen LogP contribution in [0.1, 0.15) is 5.69 Å². The lowest BCUT2D eigenvalue weighted by Gasteiger charge is -2.15. The predicted molar refractivity (Wildman–Crippen MR) is 111 cm³/mol. The molecule has 0 bridgehead atoms. The van der Waals surface area contributed by atoms with Crippen molar-refractivity contribution < 1.29 is 13.2 Å². The quantitative estimate of drug-likeness (QED) is 0.557. The third kappa shape index (κ3) is 3.42. The molecule has 3 heterocycles. The van der Waals surface area contributed by atoms with E-state index >= 15 is 0 Å². The van der Waals surface area contributed by atoms with Gasteiger partial charge in [-0.15, -0.1) is 0 Å². The van der Waals surface area contributed by atoms with Gasteiger partial charge >= 0.3 is 0 Å². The Bertz CT molecular complexity index is 1400. The van der Waals surface area contributed by atoms with E-state index in [0.717, 1.165) is 6.26 Å². The zero-order chi connectivity index (χ0) is 20.8. The van der Waals surface area contributed by atoms with Crippen molar-refractivity contribution >= 4 is 20.7 Å². The van der Waals surface area contributed by atoms with E-state index in [9.17, 15) is 13.2 Å². The first-order valence-electron chi connectivity index (χ1n) is 8.86. The topological polar surface area (TPSA) is 94.0 Å². The number of H-pyrrole nitrogens is 1. The highest BCUT2D eigenvalue weighted by Crippen LogP contribution is 2.38. The molecule has 0 amide bonds. The zero-order valence-corrected chi connectivity index (χ0v) is 16.9. The average Bonchev–Trinajstić information content (AvgIpc) is 3.16. The van der Waals surface area contributed by atoms with E-state index < -0.39 is 9.84 Å². The molecule has 8 heteroatoms. The largest absolute Gasteiger partial charge is 0.455 e. The molecule has 7 nitrogen and oxygen atoms in total. The molecule has 0 spiro atoms. The van der Waals surface area contributed by atoms with Gasteiger partial charge in [0.05, 0.1) is 10.6 Å². The number of hydrogen-bond acceptors (Lipinski definition) is 5. The van der Waals surface area contributed by atoms with Crippen LogP contribution in [0.3, 0.4) is 0 Å². The van der Waals surface area contributed by atoms with Crippen LogP contribution in [0.25, 0.3) is 22.0 Å². The van der Waals surface area contributed by atoms with E-state index in [0.29, 0.717) is 39.2 Å². The van der Waals surface area contributed by atoms with E-state index in [4.69, 9.17) is 4.74 Å². The minimum Gasteiger partial charge on any atom is -0.455 e. The number of sulfone groups is 1. The molecule has 1 aromatic carbocycles. The second-order valence-corrected chi connectivity index (χ2v) is 8.86. The molecule has 1 N–H and O–H groups in total. The van der Waals surface area contributed by atoms with Gasteiger partial charge in [0.2, 0.25) is 0 Å². The summed E-state index contributed by atoms with van der Waals surface area (Å²) in [4.78, 5) is 19.8. The number of rotatable bonds is 4. The SMILES string of the molecule is Cc1ncccc1Oc1ccc(S(C)(=O)=O)cc1-c1cn(C)c(=O)c2[nH]ccc12. The van der Waals surface area contributed by atoms with Crippen LogP contribution in [-0.2, 0) is 16.9 Å². The van der Waals surface area contributed by atoms with Gasteiger partial charge in [-0.05, 0) is 43.3 Å². The molecule has 0 radical (unpaired) electrons. The molecule has 4 aromatic rings. The van der Waals surface area contributed by atoms with Crippen molar-refractivity contribution in [3.63, 3.8) is 0 Å². The van der Waals surface area contributed by atoms with Gasteiger partial charge in [-0.25, -0.2) is 8.42 Å². The van der Waals surface area contributed by atoms with Crippen molar-refractivity contribution in [3.05, 3.63) is 71.0 Å². The maximum Gasteiger partial charge on any atom is 0.274 e. The number of aryl methyl sites for hydroxylation is 2. The number of ether oxygens (including phenoxy) is 1. The number of hydrogen-bond donors (Lipinski definition) is 1. The number of nitrogens with one attached hydrogen (secondary N) is 1. The standard InChI is InChI=1S/C21H19N3O4S/c1-13-18(5-4-9-22-13)28-19-7-6-14(29(3,26)27)11-16(19)17-12-24(2)21(25)20-15(17)8-10-23-20/h4-12,23H,1-3H3. The Labute approximate surface area is 167 Å². The lowest BCUT2D eigenvalue weighted by Crippen LogP contribution is -2.16. The van der Waals surface area contributed by atoms with Crippen LogP contribution in [-0.4, -0.2) is 29.2 Å². The first kappa shape index (κ1) is 18.9. The molecule has 29 heavy (non-hydrogen) atoms. The first-order chi connectivity index (χ1) is 13.8. The Morgan fingerprint density at radius 2 is 1.90 bits per heavy atom. The van der Waals surface area contributed by atoms with Crippen LogP contribution in [0.4, 0.5) is 0 Å². The Balaban J connectivity index is 2.01. The Morgan fingerprint density at radius 3 is 2.62 bits per heavy atom. The lowest BCUT2D eigenvalue weighted by atomic mass is 10.0. The third-order valence-electron chi connectivity index (χ3n) is 4.74. The lowest BCUT2D eigenvalue weighted by molar-refractivity contribution is 0.477. The van der Waals surface area contributed by atoms with Gasteiger partial charge in [-0.1, -0.05) is 0 Å². The second-order valence-electron chi connectivity index (χ2n) is 6.84. The number of nitrogens with zero attached hydrogens (tertiary/aromatic N) is 2. The fourth-order valence-corrected chi connectivity index (χ4v) is 3.87. The summed E-state index contributed by atoms with van der Waals surface area (Å²) >= 11 is 0. The molecule has 0 fully saturated rings. The summed E-state index contributed by atoms with van der Waals surface area (Å²) in [6, 6.07) is 10.1. The Kier molecular flexibility index (Phi) is 4.50. The predicted octanol–water partition coefficient (Wildman–Crippen LogP) is 3.43. The average molecular weight is 409 g/mol. The van der Waals surface area contributed by atoms with Gasteiger partial charge in [0, 0.05) is 48.4 Å². The van der Waals surface area contributed by atoms with Crippen LogP contribution in [0.15, 0.2) is 64.7 Å². The normalized spacial score (nSPS) is 11.7. The van der Waals surface area contributed by atoms with Crippen molar-refractivity contribution in [2.45, 2.75) is 11.8 Å². The van der Waals surface area contributed by atoms with E-state index in [1.165, 1.54) is 10.6 Å². The molecule has 3 aromatic heterocycles. The van der Waals surface area contributed by atoms with E-state index in [1.54, 1.807) is 56.0 Å². The summed E-state index contributed by atoms with van der Waals surface area (Å²) in [5.41, 5.74) is 2.23. The highest BCUT2D eigenvalue weighted by molar-refractivity contribution is 7.90. The van der Waals surface area contributed by atoms with Crippen molar-refractivity contribution in [2.75, 3.05) is 6.26 Å². The molecule has 0 aliphatic carbocycles. The second kappa shape index (κ2) is 6.89. The van der Waals surface area contributed by atoms with Gasteiger partial charge in [0.25, 0.3) is 5.56 Å². The van der Waals surface area contributed by atoms with Gasteiger partial charge < -0.3 is 14.3 Å². The minimum absolute atomic E-state index is 0.167. The van der Waals surface area contributed by atoms with Gasteiger partial charge in [0.15, 0.2) is 9.84 Å². The minimum atomic E-state index is -3.43. The zero-order valence-electron chi connectivity index (χ0n) is 16.1. The monoisotopic (exact) mass is 409 g/mol. The summed E-state index contributed by atoms with van der Waals surface area (Å²) in [6.45, 7) is 1.83. The molecule has 0 saturated carbocycles. The molecular formula is C21H19N3O4S. The summed E-state index contributed by atoms with van der Waals surface area (Å²) < 4.78 is 31.9. The van der Waals surface area contributed by atoms with Crippen LogP contribution >= 0.6 is 0 Å². The molecule has 0 unspecified atom stereocenters. The van der Waals surface area contributed by atoms with Gasteiger partial charge in [-0.2, -0.15) is 0 Å². The van der Waals surface area contributed by atoms with Crippen molar-refractivity contribution in [1.82, 2.24) is 14.5 Å². The smallest absolute Gasteiger partial charge is 0.274 e. The first-order valence-corrected chi connectivity index (χ1v) is 10.8. The van der Waals surface area contributed by atoms with Crippen LogP contribution in [0.5, 0.6) is 11.5 Å². The van der Waals surface area contributed by atoms with E-state index in [2.05, 4.69) is 9.97 Å². The Morgan fingerprint density at radius 1 is 1.10 bits per heavy atom. The molecule has 0 aliphatic heterocycles. The van der Waals surface area contributed by atoms with Crippen LogP contribution < -0.4 is 10.3 Å². The highest BCUT2D eigenvalue weighted by atomic mass is 32.2. The summed E-state index contributed by atoms with van der Waals surface area (Å²) in [5.74, 6) is 1.03. The molecular weight excluding hydrogens is 390 g/mol. The van der Waals surface area contributed by atoms with Crippen LogP contribution in [0, 0.1) is 6.92 Å². The van der Waals surface area contributed by atoms with Crippen LogP contribution in [0.2, 0.25) is 0 Å². The number of aromatic nitrogens is 3. The number of pyridine rings is 2. The van der Waals surface area contributed by atoms with Gasteiger partial charge in [0.1, 0.15) is 17.0 Å². The molecule has 0 saturated heterocycles. The fourth-order valence-electron chi connectivity index (χ4n) is 3.22. The number of aromatic amines is 1. The highest BCUT2D eigenvalue weighted by Gasteiger charge is 2.18. The summed E-state index contributed by atoms with van der Waals surface area (Å²) in [7, 11) is -1.78. The van der Waals surface area contributed by atoms with Gasteiger partial charge in [-0.3, -0.25) is 9.78 Å². The maximum atomic E-state index is 12.4. The summed E-state index contributed by atoms with van der Waals surface area (Å²) in [5, 5.41) is 0.687. The van der Waals surface area contributed by atoms with E-state index in [1.807, 2.05) is 6.92 Å². The maximum absolute atomic E-state index is 12.4. The Hall–Kier alpha value is -3.39. The number of benzene rings is 1. The number of fused-ring (bicyclic) bond motifs is 1. The van der Waals surface area contributed by atoms with Crippen molar-refractivity contribution in [2.24, 2.45) is 7.05 Å². The van der Waals surface area contributed by atoms with Crippen molar-refractivity contribution in [3.8, 4) is 22.6 Å². The van der Waals surface area contributed by atoms with E-state index in [-0.39, 0.29) is 10.5 Å². The summed E-state index contributed by atoms with van der Waals surface area (Å²) in [6.07, 6.45) is 6.20. The molecule has 0 atom stereocenters.